The van der Waals surface area contributed by atoms with Crippen LogP contribution in [0.4, 0.5) is 0 Å². The van der Waals surface area contributed by atoms with Gasteiger partial charge in [-0.05, 0) is 193 Å². The number of rotatable bonds is 69. The van der Waals surface area contributed by atoms with Gasteiger partial charge < -0.3 is 54.7 Å². The van der Waals surface area contributed by atoms with Crippen LogP contribution in [-0.4, -0.2) is 130 Å². The third kappa shape index (κ3) is 110. The molecule has 0 radical (unpaired) electrons. The van der Waals surface area contributed by atoms with Crippen LogP contribution in [0.15, 0.2) is 255 Å². The summed E-state index contributed by atoms with van der Waals surface area (Å²) < 4.78 is 19.5. The van der Waals surface area contributed by atoms with Crippen molar-refractivity contribution >= 4 is 23.9 Å². The van der Waals surface area contributed by atoms with Gasteiger partial charge >= 0.3 is 23.9 Å². The summed E-state index contributed by atoms with van der Waals surface area (Å²) in [4.78, 5) is 45.6. The van der Waals surface area contributed by atoms with Crippen LogP contribution in [0.2, 0.25) is 0 Å². The second kappa shape index (κ2) is 104. The van der Waals surface area contributed by atoms with Gasteiger partial charge in [0.25, 0.3) is 0 Å². The lowest BCUT2D eigenvalue weighted by molar-refractivity contribution is -0.148. The van der Waals surface area contributed by atoms with Gasteiger partial charge in [0.2, 0.25) is 0 Å². The van der Waals surface area contributed by atoms with Crippen LogP contribution in [-0.2, 0) is 38.1 Å². The molecule has 0 aliphatic rings. The molecule has 0 aromatic heterocycles. The summed E-state index contributed by atoms with van der Waals surface area (Å²) in [7, 11) is 0. The minimum Gasteiger partial charge on any atom is -0.463 e. The van der Waals surface area contributed by atoms with Crippen LogP contribution in [0, 0.1) is 0 Å². The van der Waals surface area contributed by atoms with Crippen LogP contribution in [0.25, 0.3) is 0 Å². The maximum atomic E-state index is 11.4. The van der Waals surface area contributed by atoms with Crippen molar-refractivity contribution < 1.29 is 73.9 Å². The van der Waals surface area contributed by atoms with Crippen LogP contribution >= 0.6 is 0 Å². The van der Waals surface area contributed by atoms with Crippen LogP contribution in [0.3, 0.4) is 0 Å². The largest absolute Gasteiger partial charge is 0.463 e. The minimum atomic E-state index is -0.996. The quantitative estimate of drug-likeness (QED) is 0.0130. The van der Waals surface area contributed by atoms with Crippen molar-refractivity contribution in [1.29, 1.82) is 0 Å². The van der Waals surface area contributed by atoms with Crippen molar-refractivity contribution in [2.75, 3.05) is 46.2 Å². The molecule has 15 heteroatoms. The molecule has 0 rings (SSSR count). The molecular weight excluding hydrogens is 1440 g/mol. The van der Waals surface area contributed by atoms with E-state index >= 15 is 0 Å². The molecule has 0 spiro atoms. The van der Waals surface area contributed by atoms with E-state index in [4.69, 9.17) is 49.6 Å². The molecule has 15 nitrogen and oxygen atoms in total. The molecule has 7 N–H and O–H groups in total. The summed E-state index contributed by atoms with van der Waals surface area (Å²) in [5.41, 5.74) is 0. The Labute approximate surface area is 699 Å². The molecular formula is C100H160O15. The lowest BCUT2D eigenvalue weighted by Crippen LogP contribution is -2.21. The summed E-state index contributed by atoms with van der Waals surface area (Å²) in [6.07, 6.45) is 121. The Bertz CT molecular complexity index is 2820. The third-order valence-corrected chi connectivity index (χ3v) is 15.7. The Kier molecular flexibility index (Phi) is 105. The lowest BCUT2D eigenvalue weighted by atomic mass is 10.1. The van der Waals surface area contributed by atoms with Crippen LogP contribution in [0.5, 0.6) is 0 Å². The average molecular weight is 1600 g/mol. The molecule has 115 heavy (non-hydrogen) atoms. The van der Waals surface area contributed by atoms with E-state index in [1.54, 1.807) is 0 Å². The van der Waals surface area contributed by atoms with Crippen LogP contribution in [0.1, 0.15) is 280 Å². The van der Waals surface area contributed by atoms with Gasteiger partial charge in [-0.2, -0.15) is 0 Å². The fraction of sp³-hybridized carbons (Fsp3) is 0.540. The second-order valence-electron chi connectivity index (χ2n) is 26.5. The monoisotopic (exact) mass is 1600 g/mol. The average Bonchev–Trinajstić information content (AvgIpc) is 1.32. The van der Waals surface area contributed by atoms with E-state index < -0.39 is 37.6 Å². The van der Waals surface area contributed by atoms with Crippen molar-refractivity contribution in [2.45, 2.75) is 304 Å². The second-order valence-corrected chi connectivity index (χ2v) is 26.5. The Morgan fingerprint density at radius 3 is 0.643 bits per heavy atom. The number of hydrogen-bond acceptors (Lipinski definition) is 15. The zero-order valence-electron chi connectivity index (χ0n) is 71.1. The van der Waals surface area contributed by atoms with Crippen molar-refractivity contribution in [3.8, 4) is 0 Å². The number of esters is 4. The highest BCUT2D eigenvalue weighted by atomic mass is 16.6. The topological polar surface area (TPSA) is 247 Å². The molecule has 0 aromatic carbocycles. The van der Waals surface area contributed by atoms with Gasteiger partial charge in [0.1, 0.15) is 44.7 Å². The van der Waals surface area contributed by atoms with E-state index in [1.807, 2.05) is 31.2 Å². The van der Waals surface area contributed by atoms with Gasteiger partial charge in [0.15, 0.2) is 0 Å². The Morgan fingerprint density at radius 2 is 0.417 bits per heavy atom. The standard InChI is InChI=1S/2C25H40O4.C25H38O4.C24H38O3.CH4/c3*1-2-3-4-5-6-7-8-9-10-11-12-13-14-15-16-17-18-19-20-21-25(28)29-23-24(27)22-26;1-3-5-6-7-8-9-10-11-12-13-14-15-16-17-18-19-20-21-24(26)27-22-23(25)4-2;/h6-7,9-10,12-13,15-16,18-19,24,26-27H,2-5,8,11,14,17,20-23H2,1H3;3-4,6-7,9-10,12-13,15-16,24,26-27H,2,5,8,11,14,17-23H2,1H3;3-4,6-7,9-10,12-13,15-16,18-19,24,26-27H,2,5,8,11,14,17,20-23H2,1H3;5-6,8-9,11-12,14-15,17-18,23,25H,3-4,7,10,13,16,19-22H2,1-2H3;1H4/b7-6-,10-9-,13-12-,16-15-,19-18-;4-3-,7-6-,10-9-,13-12-,16-15-;4-3-,7-6-,10-9-,13-12-,16-15-,19-18-;6-5-,9-8-,12-11-,15-14-,18-17-;. The Hall–Kier alpha value is -7.86. The highest BCUT2D eigenvalue weighted by Crippen LogP contribution is 2.09. The first-order chi connectivity index (χ1) is 55.8. The molecule has 0 heterocycles. The van der Waals surface area contributed by atoms with E-state index in [2.05, 4.69) is 259 Å². The number of carbonyl (C=O) groups excluding carboxylic acids is 4. The van der Waals surface area contributed by atoms with Crippen molar-refractivity contribution in [2.24, 2.45) is 0 Å². The molecule has 650 valence electrons. The number of hydrogen-bond donors (Lipinski definition) is 7. The summed E-state index contributed by atoms with van der Waals surface area (Å²) >= 11 is 0. The van der Waals surface area contributed by atoms with Gasteiger partial charge in [-0.3, -0.25) is 19.2 Å². The summed E-state index contributed by atoms with van der Waals surface area (Å²) in [6, 6.07) is 0. The van der Waals surface area contributed by atoms with Gasteiger partial charge in [-0.25, -0.2) is 0 Å². The fourth-order valence-electron chi connectivity index (χ4n) is 9.00. The normalized spacial score (nSPS) is 13.6. The van der Waals surface area contributed by atoms with Gasteiger partial charge in [-0.1, -0.05) is 317 Å². The predicted molar refractivity (Wildman–Crippen MR) is 487 cm³/mol. The molecule has 0 amide bonds. The molecule has 0 aliphatic heterocycles. The highest BCUT2D eigenvalue weighted by Gasteiger charge is 2.10. The summed E-state index contributed by atoms with van der Waals surface area (Å²) in [5.74, 6) is -1.26. The Morgan fingerprint density at radius 1 is 0.226 bits per heavy atom. The van der Waals surface area contributed by atoms with Crippen molar-refractivity contribution in [3.63, 3.8) is 0 Å². The number of carbonyl (C=O) groups is 4. The number of ether oxygens (including phenoxy) is 4. The van der Waals surface area contributed by atoms with E-state index in [0.717, 1.165) is 167 Å². The first kappa shape index (κ1) is 116. The van der Waals surface area contributed by atoms with Crippen LogP contribution < -0.4 is 0 Å². The first-order valence-corrected chi connectivity index (χ1v) is 42.6. The van der Waals surface area contributed by atoms with E-state index in [0.29, 0.717) is 32.1 Å². The first-order valence-electron chi connectivity index (χ1n) is 42.6. The number of allylic oxidation sites excluding steroid dienone is 42. The number of aliphatic hydroxyl groups excluding tert-OH is 7. The Balaban J connectivity index is -0.000000466. The maximum absolute atomic E-state index is 11.4. The van der Waals surface area contributed by atoms with E-state index in [9.17, 15) is 24.3 Å². The van der Waals surface area contributed by atoms with E-state index in [1.165, 1.54) is 25.7 Å². The van der Waals surface area contributed by atoms with Crippen molar-refractivity contribution in [1.82, 2.24) is 0 Å². The zero-order valence-corrected chi connectivity index (χ0v) is 71.1. The maximum Gasteiger partial charge on any atom is 0.306 e. The van der Waals surface area contributed by atoms with Crippen molar-refractivity contribution in [3.05, 3.63) is 255 Å². The third-order valence-electron chi connectivity index (χ3n) is 15.7. The lowest BCUT2D eigenvalue weighted by Gasteiger charge is -2.08. The zero-order chi connectivity index (χ0) is 84.3. The molecule has 4 unspecified atom stereocenters. The minimum absolute atomic E-state index is 0. The van der Waals surface area contributed by atoms with E-state index in [-0.39, 0.29) is 77.2 Å². The molecule has 4 atom stereocenters. The molecule has 0 saturated heterocycles. The molecule has 0 aromatic rings. The SMILES string of the molecule is C.CC/C=C\C/C=C\C/C=C\C/C=C\C/C=C\C/C=C\CCC(=O)OCC(O)CO.CC/C=C\C/C=C\C/C=C\C/C=C\C/C=C\CCCC(=O)OCC(O)CC.CC/C=C\C/C=C\C/C=C\C/C=C\C/C=C\CCCCCC(=O)OCC(O)CO.CCCCC/C=C\C/C=C\C/C=C\C/C=C\C/C=C\CCC(=O)OCC(O)CO. The number of unbranched alkanes of at least 4 members (excludes halogenated alkanes) is 7. The predicted octanol–water partition coefficient (Wildman–Crippen LogP) is 23.4. The molecule has 0 saturated carbocycles. The van der Waals surface area contributed by atoms with Gasteiger partial charge in [-0.15, -0.1) is 0 Å². The smallest absolute Gasteiger partial charge is 0.306 e. The molecule has 0 fully saturated rings. The molecule has 0 bridgehead atoms. The molecule has 0 aliphatic carbocycles. The van der Waals surface area contributed by atoms with Gasteiger partial charge in [0, 0.05) is 25.7 Å². The fourth-order valence-corrected chi connectivity index (χ4v) is 9.00. The highest BCUT2D eigenvalue weighted by molar-refractivity contribution is 5.70. The van der Waals surface area contributed by atoms with Gasteiger partial charge in [0.05, 0.1) is 25.9 Å². The summed E-state index contributed by atoms with van der Waals surface area (Å²) in [5, 5.41) is 62.5. The number of aliphatic hydroxyl groups is 7. The summed E-state index contributed by atoms with van der Waals surface area (Å²) in [6.45, 7) is 9.01.